The standard InChI is InChI=1S/C22H25N7O/c1-14(10-16-11-23-18-5-3-2-4-17(16)18)28-22(30)15-6-8-29(9-7-15)21-19-20(25-12-24-19)26-13-27-21/h2-5,11-15,23H,6-10H2,1H3,(H,28,30)(H,24,25,26,27)/t14-/m0/s1. The minimum atomic E-state index is 0.0331. The molecule has 0 unspecified atom stereocenters. The molecule has 0 aliphatic carbocycles. The summed E-state index contributed by atoms with van der Waals surface area (Å²) in [4.78, 5) is 34.3. The van der Waals surface area contributed by atoms with Crippen molar-refractivity contribution in [2.75, 3.05) is 18.0 Å². The molecular weight excluding hydrogens is 378 g/mol. The molecule has 1 saturated heterocycles. The Balaban J connectivity index is 1.18. The summed E-state index contributed by atoms with van der Waals surface area (Å²) in [5, 5.41) is 4.44. The molecule has 154 valence electrons. The van der Waals surface area contributed by atoms with Crippen molar-refractivity contribution in [2.45, 2.75) is 32.2 Å². The maximum Gasteiger partial charge on any atom is 0.223 e. The number of fused-ring (bicyclic) bond motifs is 2. The van der Waals surface area contributed by atoms with E-state index in [-0.39, 0.29) is 17.9 Å². The van der Waals surface area contributed by atoms with Crippen LogP contribution in [0.25, 0.3) is 22.1 Å². The Bertz CT molecular complexity index is 1170. The largest absolute Gasteiger partial charge is 0.361 e. The Kier molecular flexibility index (Phi) is 4.82. The predicted molar refractivity (Wildman–Crippen MR) is 116 cm³/mol. The summed E-state index contributed by atoms with van der Waals surface area (Å²) in [7, 11) is 0. The van der Waals surface area contributed by atoms with Crippen LogP contribution in [-0.2, 0) is 11.2 Å². The van der Waals surface area contributed by atoms with Gasteiger partial charge in [-0.25, -0.2) is 15.0 Å². The average molecular weight is 403 g/mol. The van der Waals surface area contributed by atoms with Crippen molar-refractivity contribution in [3.8, 4) is 0 Å². The Hall–Kier alpha value is -3.42. The first-order valence-electron chi connectivity index (χ1n) is 10.4. The zero-order chi connectivity index (χ0) is 20.5. The van der Waals surface area contributed by atoms with Gasteiger partial charge in [-0.2, -0.15) is 0 Å². The number of benzene rings is 1. The van der Waals surface area contributed by atoms with E-state index in [0.29, 0.717) is 5.65 Å². The molecule has 1 aliphatic rings. The SMILES string of the molecule is C[C@@H](Cc1c[nH]c2ccccc12)NC(=O)C1CCN(c2ncnc3nc[nH]c23)CC1. The monoisotopic (exact) mass is 403 g/mol. The summed E-state index contributed by atoms with van der Waals surface area (Å²) in [6, 6.07) is 8.35. The van der Waals surface area contributed by atoms with Crippen LogP contribution in [0.2, 0.25) is 0 Å². The maximum atomic E-state index is 12.8. The quantitative estimate of drug-likeness (QED) is 0.476. The van der Waals surface area contributed by atoms with E-state index in [0.717, 1.165) is 49.2 Å². The van der Waals surface area contributed by atoms with Crippen LogP contribution in [0, 0.1) is 5.92 Å². The topological polar surface area (TPSA) is 103 Å². The van der Waals surface area contributed by atoms with E-state index < -0.39 is 0 Å². The number of hydrogen-bond donors (Lipinski definition) is 3. The van der Waals surface area contributed by atoms with E-state index >= 15 is 0 Å². The van der Waals surface area contributed by atoms with Crippen molar-refractivity contribution in [1.29, 1.82) is 0 Å². The van der Waals surface area contributed by atoms with Gasteiger partial charge in [0.2, 0.25) is 5.91 Å². The van der Waals surface area contributed by atoms with Crippen LogP contribution in [0.5, 0.6) is 0 Å². The molecule has 8 heteroatoms. The number of aromatic amines is 2. The number of H-pyrrole nitrogens is 2. The van der Waals surface area contributed by atoms with E-state index in [9.17, 15) is 4.79 Å². The third kappa shape index (κ3) is 3.49. The van der Waals surface area contributed by atoms with Crippen molar-refractivity contribution in [3.05, 3.63) is 48.7 Å². The highest BCUT2D eigenvalue weighted by molar-refractivity contribution is 5.84. The van der Waals surface area contributed by atoms with Gasteiger partial charge in [0.05, 0.1) is 6.33 Å². The summed E-state index contributed by atoms with van der Waals surface area (Å²) in [6.07, 6.45) is 7.66. The number of anilines is 1. The molecule has 4 aromatic rings. The molecule has 8 nitrogen and oxygen atoms in total. The minimum Gasteiger partial charge on any atom is -0.361 e. The van der Waals surface area contributed by atoms with Gasteiger partial charge in [-0.3, -0.25) is 4.79 Å². The molecule has 30 heavy (non-hydrogen) atoms. The van der Waals surface area contributed by atoms with Crippen LogP contribution in [-0.4, -0.2) is 50.0 Å². The number of imidazole rings is 1. The number of nitrogens with zero attached hydrogens (tertiary/aromatic N) is 4. The first kappa shape index (κ1) is 18.6. The molecule has 3 N–H and O–H groups in total. The molecule has 0 bridgehead atoms. The Morgan fingerprint density at radius 3 is 2.90 bits per heavy atom. The molecule has 4 heterocycles. The third-order valence-electron chi connectivity index (χ3n) is 5.96. The van der Waals surface area contributed by atoms with Crippen molar-refractivity contribution in [1.82, 2.24) is 30.2 Å². The molecular formula is C22H25N7O. The highest BCUT2D eigenvalue weighted by Gasteiger charge is 2.27. The van der Waals surface area contributed by atoms with Crippen molar-refractivity contribution in [3.63, 3.8) is 0 Å². The van der Waals surface area contributed by atoms with Crippen LogP contribution in [0.3, 0.4) is 0 Å². The van der Waals surface area contributed by atoms with Gasteiger partial charge in [-0.15, -0.1) is 0 Å². The molecule has 1 amide bonds. The smallest absolute Gasteiger partial charge is 0.223 e. The van der Waals surface area contributed by atoms with E-state index in [1.54, 1.807) is 12.7 Å². The fraction of sp³-hybridized carbons (Fsp3) is 0.364. The van der Waals surface area contributed by atoms with Gasteiger partial charge in [-0.1, -0.05) is 18.2 Å². The number of carbonyl (C=O) groups excluding carboxylic acids is 1. The lowest BCUT2D eigenvalue weighted by atomic mass is 9.95. The molecule has 0 saturated carbocycles. The number of piperidine rings is 1. The summed E-state index contributed by atoms with van der Waals surface area (Å²) in [5.74, 6) is 1.05. The van der Waals surface area contributed by atoms with E-state index in [4.69, 9.17) is 0 Å². The second-order valence-electron chi connectivity index (χ2n) is 8.03. The molecule has 1 aliphatic heterocycles. The minimum absolute atomic E-state index is 0.0331. The summed E-state index contributed by atoms with van der Waals surface area (Å²) in [6.45, 7) is 3.66. The van der Waals surface area contributed by atoms with Crippen LogP contribution in [0.15, 0.2) is 43.1 Å². The molecule has 1 fully saturated rings. The molecule has 1 aromatic carbocycles. The number of rotatable bonds is 5. The molecule has 5 rings (SSSR count). The third-order valence-corrected chi connectivity index (χ3v) is 5.96. The van der Waals surface area contributed by atoms with E-state index in [2.05, 4.69) is 54.2 Å². The highest BCUT2D eigenvalue weighted by atomic mass is 16.1. The van der Waals surface area contributed by atoms with E-state index in [1.165, 1.54) is 10.9 Å². The lowest BCUT2D eigenvalue weighted by Crippen LogP contribution is -2.44. The lowest BCUT2D eigenvalue weighted by molar-refractivity contribution is -0.126. The molecule has 3 aromatic heterocycles. The van der Waals surface area contributed by atoms with E-state index in [1.807, 2.05) is 18.3 Å². The van der Waals surface area contributed by atoms with Crippen LogP contribution >= 0.6 is 0 Å². The number of amides is 1. The van der Waals surface area contributed by atoms with Gasteiger partial charge in [-0.05, 0) is 37.8 Å². The van der Waals surface area contributed by atoms with Crippen LogP contribution in [0.1, 0.15) is 25.3 Å². The Morgan fingerprint density at radius 2 is 2.03 bits per heavy atom. The number of hydrogen-bond acceptors (Lipinski definition) is 5. The maximum absolute atomic E-state index is 12.8. The van der Waals surface area contributed by atoms with Crippen molar-refractivity contribution < 1.29 is 4.79 Å². The second kappa shape index (κ2) is 7.78. The highest BCUT2D eigenvalue weighted by Crippen LogP contribution is 2.26. The average Bonchev–Trinajstić information content (AvgIpc) is 3.41. The van der Waals surface area contributed by atoms with Crippen molar-refractivity contribution >= 4 is 33.8 Å². The van der Waals surface area contributed by atoms with Gasteiger partial charge >= 0.3 is 0 Å². The Morgan fingerprint density at radius 1 is 1.20 bits per heavy atom. The normalized spacial score (nSPS) is 16.2. The first-order valence-corrected chi connectivity index (χ1v) is 10.4. The summed E-state index contributed by atoms with van der Waals surface area (Å²) >= 11 is 0. The van der Waals surface area contributed by atoms with Crippen LogP contribution in [0.4, 0.5) is 5.82 Å². The molecule has 0 spiro atoms. The number of carbonyl (C=O) groups is 1. The van der Waals surface area contributed by atoms with Crippen molar-refractivity contribution in [2.24, 2.45) is 5.92 Å². The molecule has 0 radical (unpaired) electrons. The summed E-state index contributed by atoms with van der Waals surface area (Å²) in [5.41, 5.74) is 3.90. The number of nitrogens with one attached hydrogen (secondary N) is 3. The lowest BCUT2D eigenvalue weighted by Gasteiger charge is -2.32. The van der Waals surface area contributed by atoms with Gasteiger partial charge in [0, 0.05) is 42.1 Å². The zero-order valence-corrected chi connectivity index (χ0v) is 16.9. The number of aromatic nitrogens is 5. The first-order chi connectivity index (χ1) is 14.7. The number of para-hydroxylation sites is 1. The van der Waals surface area contributed by atoms with Gasteiger partial charge in [0.15, 0.2) is 11.5 Å². The molecule has 1 atom stereocenters. The van der Waals surface area contributed by atoms with Gasteiger partial charge in [0.1, 0.15) is 11.8 Å². The van der Waals surface area contributed by atoms with Gasteiger partial charge in [0.25, 0.3) is 0 Å². The fourth-order valence-electron chi connectivity index (χ4n) is 4.39. The fourth-order valence-corrected chi connectivity index (χ4v) is 4.39. The summed E-state index contributed by atoms with van der Waals surface area (Å²) < 4.78 is 0. The Labute approximate surface area is 174 Å². The zero-order valence-electron chi connectivity index (χ0n) is 16.9. The van der Waals surface area contributed by atoms with Crippen LogP contribution < -0.4 is 10.2 Å². The van der Waals surface area contributed by atoms with Gasteiger partial charge < -0.3 is 20.2 Å². The predicted octanol–water partition coefficient (Wildman–Crippen LogP) is 2.80. The second-order valence-corrected chi connectivity index (χ2v) is 8.03.